The number of nitrogens with zero attached hydrogens (tertiary/aromatic N) is 3. The van der Waals surface area contributed by atoms with Crippen LogP contribution in [0.2, 0.25) is 0 Å². The van der Waals surface area contributed by atoms with Crippen molar-refractivity contribution in [2.75, 3.05) is 5.32 Å². The van der Waals surface area contributed by atoms with Crippen LogP contribution in [0.5, 0.6) is 0 Å². The molecule has 0 fully saturated rings. The number of fused-ring (bicyclic) bond motifs is 2. The van der Waals surface area contributed by atoms with E-state index in [1.165, 1.54) is 5.56 Å². The van der Waals surface area contributed by atoms with Gasteiger partial charge in [0.1, 0.15) is 0 Å². The lowest BCUT2D eigenvalue weighted by molar-refractivity contribution is 0.0953. The molecule has 2 heterocycles. The minimum Gasteiger partial charge on any atom is -0.338 e. The molecule has 1 aliphatic rings. The van der Waals surface area contributed by atoms with Crippen LogP contribution in [-0.2, 0) is 6.42 Å². The Labute approximate surface area is 173 Å². The first-order valence-electron chi connectivity index (χ1n) is 9.85. The van der Waals surface area contributed by atoms with Gasteiger partial charge in [0, 0.05) is 12.1 Å². The molecule has 4 aromatic rings. The third-order valence-electron chi connectivity index (χ3n) is 5.43. The largest absolute Gasteiger partial charge is 0.338 e. The number of anilines is 2. The lowest BCUT2D eigenvalue weighted by Gasteiger charge is -2.18. The van der Waals surface area contributed by atoms with Gasteiger partial charge >= 0.3 is 0 Å². The molecule has 5 rings (SSSR count). The Hall–Kier alpha value is -2.99. The quantitative estimate of drug-likeness (QED) is 0.484. The molecule has 2 aromatic carbocycles. The van der Waals surface area contributed by atoms with Crippen molar-refractivity contribution >= 4 is 38.8 Å². The summed E-state index contributed by atoms with van der Waals surface area (Å²) in [5, 5.41) is 9.06. The summed E-state index contributed by atoms with van der Waals surface area (Å²) < 4.78 is 2.99. The van der Waals surface area contributed by atoms with Gasteiger partial charge in [0.15, 0.2) is 11.6 Å². The maximum absolute atomic E-state index is 13.0. The maximum atomic E-state index is 13.0. The number of hydrogen-bond acceptors (Lipinski definition) is 5. The molecular weight excluding hydrogens is 380 g/mol. The highest BCUT2D eigenvalue weighted by atomic mass is 32.1. The smallest absolute Gasteiger partial charge is 0.211 e. The molecule has 6 heteroatoms. The van der Waals surface area contributed by atoms with Crippen LogP contribution in [0.3, 0.4) is 0 Å². The zero-order chi connectivity index (χ0) is 20.1. The molecule has 1 unspecified atom stereocenters. The number of nitrogens with one attached hydrogen (secondary N) is 1. The van der Waals surface area contributed by atoms with Crippen LogP contribution in [0.15, 0.2) is 42.5 Å². The Bertz CT molecular complexity index is 1220. The van der Waals surface area contributed by atoms with Crippen LogP contribution in [-0.4, -0.2) is 20.5 Å². The fourth-order valence-electron chi connectivity index (χ4n) is 4.03. The van der Waals surface area contributed by atoms with E-state index in [0.717, 1.165) is 38.7 Å². The SMILES string of the molecule is Cc1ccc(Nc2nn(-c3nc4ccccc4s3)c3c2C(=O)CC(C)C3)c(C)c1. The van der Waals surface area contributed by atoms with E-state index in [1.54, 1.807) is 11.3 Å². The van der Waals surface area contributed by atoms with Crippen molar-refractivity contribution in [2.45, 2.75) is 33.6 Å². The number of carbonyl (C=O) groups is 1. The van der Waals surface area contributed by atoms with Gasteiger partial charge in [-0.25, -0.2) is 9.67 Å². The van der Waals surface area contributed by atoms with Crippen molar-refractivity contribution < 1.29 is 4.79 Å². The number of thiazole rings is 1. The molecule has 29 heavy (non-hydrogen) atoms. The average molecular weight is 403 g/mol. The summed E-state index contributed by atoms with van der Waals surface area (Å²) in [6.45, 7) is 6.26. The van der Waals surface area contributed by atoms with Gasteiger partial charge in [-0.2, -0.15) is 0 Å². The Morgan fingerprint density at radius 1 is 1.14 bits per heavy atom. The van der Waals surface area contributed by atoms with Crippen molar-refractivity contribution in [2.24, 2.45) is 5.92 Å². The van der Waals surface area contributed by atoms with Gasteiger partial charge in [-0.1, -0.05) is 48.1 Å². The standard InChI is InChI=1S/C23H22N4OS/c1-13-8-9-16(15(3)10-13)24-22-21-18(11-14(2)12-19(21)28)27(26-22)23-25-17-6-4-5-7-20(17)29-23/h4-10,14H,11-12H2,1-3H3,(H,24,26). The normalized spacial score (nSPS) is 16.2. The third-order valence-corrected chi connectivity index (χ3v) is 6.45. The zero-order valence-electron chi connectivity index (χ0n) is 16.7. The summed E-state index contributed by atoms with van der Waals surface area (Å²) >= 11 is 1.60. The van der Waals surface area contributed by atoms with Crippen LogP contribution < -0.4 is 5.32 Å². The van der Waals surface area contributed by atoms with Gasteiger partial charge < -0.3 is 5.32 Å². The number of benzene rings is 2. The van der Waals surface area contributed by atoms with Crippen LogP contribution in [0.1, 0.15) is 40.5 Å². The maximum Gasteiger partial charge on any atom is 0.211 e. The molecule has 0 spiro atoms. The lowest BCUT2D eigenvalue weighted by Crippen LogP contribution is -2.19. The predicted molar refractivity (Wildman–Crippen MR) is 118 cm³/mol. The summed E-state index contributed by atoms with van der Waals surface area (Å²) in [4.78, 5) is 17.7. The number of aromatic nitrogens is 3. The van der Waals surface area contributed by atoms with E-state index in [2.05, 4.69) is 44.3 Å². The van der Waals surface area contributed by atoms with Gasteiger partial charge in [-0.05, 0) is 49.9 Å². The minimum atomic E-state index is 0.151. The number of carbonyl (C=O) groups excluding carboxylic acids is 1. The Balaban J connectivity index is 1.66. The highest BCUT2D eigenvalue weighted by Gasteiger charge is 2.32. The van der Waals surface area contributed by atoms with Crippen LogP contribution in [0, 0.1) is 19.8 Å². The van der Waals surface area contributed by atoms with Crippen LogP contribution in [0.4, 0.5) is 11.5 Å². The van der Waals surface area contributed by atoms with Gasteiger partial charge in [0.2, 0.25) is 5.13 Å². The van der Waals surface area contributed by atoms with Crippen molar-refractivity contribution in [3.8, 4) is 5.13 Å². The van der Waals surface area contributed by atoms with E-state index in [4.69, 9.17) is 10.1 Å². The molecule has 0 radical (unpaired) electrons. The van der Waals surface area contributed by atoms with Crippen LogP contribution in [0.25, 0.3) is 15.3 Å². The lowest BCUT2D eigenvalue weighted by atomic mass is 9.88. The topological polar surface area (TPSA) is 59.8 Å². The average Bonchev–Trinajstić information content (AvgIpc) is 3.25. The number of ketones is 1. The molecule has 1 N–H and O–H groups in total. The van der Waals surface area contributed by atoms with E-state index in [-0.39, 0.29) is 5.78 Å². The molecular formula is C23H22N4OS. The molecule has 0 aliphatic heterocycles. The first-order chi connectivity index (χ1) is 14.0. The van der Waals surface area contributed by atoms with Crippen molar-refractivity contribution in [1.82, 2.24) is 14.8 Å². The molecule has 0 saturated heterocycles. The van der Waals surface area contributed by atoms with E-state index < -0.39 is 0 Å². The second-order valence-corrected chi connectivity index (χ2v) is 8.94. The zero-order valence-corrected chi connectivity index (χ0v) is 17.5. The Morgan fingerprint density at radius 2 is 1.97 bits per heavy atom. The van der Waals surface area contributed by atoms with Gasteiger partial charge in [0.05, 0.1) is 21.5 Å². The van der Waals surface area contributed by atoms with Crippen molar-refractivity contribution in [1.29, 1.82) is 0 Å². The first kappa shape index (κ1) is 18.1. The highest BCUT2D eigenvalue weighted by molar-refractivity contribution is 7.20. The summed E-state index contributed by atoms with van der Waals surface area (Å²) in [7, 11) is 0. The predicted octanol–water partition coefficient (Wildman–Crippen LogP) is 5.61. The van der Waals surface area contributed by atoms with E-state index in [9.17, 15) is 4.79 Å². The van der Waals surface area contributed by atoms with Gasteiger partial charge in [-0.3, -0.25) is 4.79 Å². The summed E-state index contributed by atoms with van der Waals surface area (Å²) in [6.07, 6.45) is 1.37. The van der Waals surface area contributed by atoms with Gasteiger partial charge in [0.25, 0.3) is 0 Å². The molecule has 146 valence electrons. The second-order valence-electron chi connectivity index (χ2n) is 7.93. The number of Topliss-reactive ketones (excluding diaryl/α,β-unsaturated/α-hetero) is 1. The minimum absolute atomic E-state index is 0.151. The molecule has 2 aromatic heterocycles. The third kappa shape index (κ3) is 3.13. The van der Waals surface area contributed by atoms with Crippen molar-refractivity contribution in [3.05, 3.63) is 64.8 Å². The summed E-state index contributed by atoms with van der Waals surface area (Å²) in [5.74, 6) is 1.08. The van der Waals surface area contributed by atoms with E-state index in [0.29, 0.717) is 23.7 Å². The Kier molecular flexibility index (Phi) is 4.24. The van der Waals surface area contributed by atoms with Gasteiger partial charge in [-0.15, -0.1) is 5.10 Å². The fourth-order valence-corrected chi connectivity index (χ4v) is 4.98. The monoisotopic (exact) mass is 402 g/mol. The van der Waals surface area contributed by atoms with E-state index >= 15 is 0 Å². The number of hydrogen-bond donors (Lipinski definition) is 1. The summed E-state index contributed by atoms with van der Waals surface area (Å²) in [5.41, 5.74) is 5.93. The highest BCUT2D eigenvalue weighted by Crippen LogP contribution is 2.36. The molecule has 1 atom stereocenters. The fraction of sp³-hybridized carbons (Fsp3) is 0.261. The molecule has 1 aliphatic carbocycles. The molecule has 0 saturated carbocycles. The number of para-hydroxylation sites is 1. The molecule has 0 bridgehead atoms. The second kappa shape index (κ2) is 6.81. The first-order valence-corrected chi connectivity index (χ1v) is 10.7. The van der Waals surface area contributed by atoms with E-state index in [1.807, 2.05) is 28.9 Å². The van der Waals surface area contributed by atoms with Crippen LogP contribution >= 0.6 is 11.3 Å². The van der Waals surface area contributed by atoms with Crippen molar-refractivity contribution in [3.63, 3.8) is 0 Å². The molecule has 5 nitrogen and oxygen atoms in total. The number of aryl methyl sites for hydroxylation is 2. The molecule has 0 amide bonds. The Morgan fingerprint density at radius 3 is 2.76 bits per heavy atom. The summed E-state index contributed by atoms with van der Waals surface area (Å²) in [6, 6.07) is 14.3. The number of rotatable bonds is 3.